The van der Waals surface area contributed by atoms with E-state index in [1.807, 2.05) is 0 Å². The molecule has 2 N–H and O–H groups in total. The van der Waals surface area contributed by atoms with Gasteiger partial charge in [-0.05, 0) is 25.4 Å². The van der Waals surface area contributed by atoms with Gasteiger partial charge in [0.1, 0.15) is 5.84 Å². The molecule has 1 unspecified atom stereocenters. The van der Waals surface area contributed by atoms with Crippen LogP contribution in [-0.4, -0.2) is 28.6 Å². The van der Waals surface area contributed by atoms with E-state index >= 15 is 0 Å². The molecule has 0 radical (unpaired) electrons. The third-order valence-corrected chi connectivity index (χ3v) is 1.64. The zero-order chi connectivity index (χ0) is 10.9. The fraction of sp³-hybridized carbons (Fsp3) is 0.667. The lowest BCUT2D eigenvalue weighted by Gasteiger charge is -2.35. The van der Waals surface area contributed by atoms with Crippen molar-refractivity contribution in [3.05, 3.63) is 0 Å². The molecule has 0 aromatic carbocycles. The molecule has 0 saturated carbocycles. The first-order valence-corrected chi connectivity index (χ1v) is 4.05. The number of aliphatic imine (C=N–C) groups is 2. The Morgan fingerprint density at radius 2 is 2.21 bits per heavy atom. The second-order valence-corrected chi connectivity index (χ2v) is 3.13. The van der Waals surface area contributed by atoms with Crippen LogP contribution < -0.4 is 5.73 Å². The highest BCUT2D eigenvalue weighted by Gasteiger charge is 2.35. The Kier molecular flexibility index (Phi) is 3.03. The second kappa shape index (κ2) is 3.76. The molecular formula is C6H9ClF2N4O. The van der Waals surface area contributed by atoms with Crippen LogP contribution in [0.1, 0.15) is 13.8 Å². The molecule has 8 heteroatoms. The summed E-state index contributed by atoms with van der Waals surface area (Å²) in [6.07, 6.45) is 0. The Balaban J connectivity index is 2.90. The number of rotatable bonds is 2. The van der Waals surface area contributed by atoms with E-state index in [9.17, 15) is 8.78 Å². The van der Waals surface area contributed by atoms with Crippen LogP contribution in [0.2, 0.25) is 0 Å². The van der Waals surface area contributed by atoms with Gasteiger partial charge in [0.15, 0.2) is 0 Å². The van der Waals surface area contributed by atoms with Gasteiger partial charge in [-0.3, -0.25) is 5.73 Å². The van der Waals surface area contributed by atoms with Gasteiger partial charge >= 0.3 is 6.61 Å². The summed E-state index contributed by atoms with van der Waals surface area (Å²) in [5.74, 6) is -1.17. The third-order valence-electron chi connectivity index (χ3n) is 1.41. The lowest BCUT2D eigenvalue weighted by Crippen LogP contribution is -2.56. The van der Waals surface area contributed by atoms with Crippen LogP contribution in [-0.2, 0) is 4.84 Å². The number of amidine groups is 2. The van der Waals surface area contributed by atoms with E-state index < -0.39 is 12.4 Å². The lowest BCUT2D eigenvalue weighted by atomic mass is 10.4. The molecule has 0 bridgehead atoms. The first-order valence-electron chi connectivity index (χ1n) is 3.67. The molecule has 1 atom stereocenters. The molecule has 14 heavy (non-hydrogen) atoms. The summed E-state index contributed by atoms with van der Waals surface area (Å²) in [5.41, 5.74) is 5.57. The Bertz CT molecular complexity index is 292. The molecule has 1 aliphatic rings. The normalized spacial score (nSPS) is 27.8. The van der Waals surface area contributed by atoms with E-state index in [2.05, 4.69) is 14.8 Å². The molecule has 1 rings (SSSR count). The minimum absolute atomic E-state index is 0.275. The Morgan fingerprint density at radius 3 is 2.64 bits per heavy atom. The van der Waals surface area contributed by atoms with Crippen molar-refractivity contribution in [2.75, 3.05) is 0 Å². The van der Waals surface area contributed by atoms with E-state index in [1.54, 1.807) is 6.92 Å². The van der Waals surface area contributed by atoms with Gasteiger partial charge in [-0.25, -0.2) is 9.98 Å². The topological polar surface area (TPSA) is 63.2 Å². The molecular weight excluding hydrogens is 218 g/mol. The van der Waals surface area contributed by atoms with Crippen LogP contribution in [0, 0.1) is 0 Å². The van der Waals surface area contributed by atoms with Crippen molar-refractivity contribution in [1.29, 1.82) is 0 Å². The monoisotopic (exact) mass is 226 g/mol. The van der Waals surface area contributed by atoms with Gasteiger partial charge < -0.3 is 0 Å². The maximum Gasteiger partial charge on any atom is 0.365 e. The average molecular weight is 227 g/mol. The van der Waals surface area contributed by atoms with Crippen molar-refractivity contribution in [2.24, 2.45) is 15.7 Å². The fourth-order valence-electron chi connectivity index (χ4n) is 0.994. The SMILES string of the molecule is CC1=NC(C)(N)N(OC(F)F)C(Cl)=N1. The minimum Gasteiger partial charge on any atom is -0.288 e. The molecule has 0 fully saturated rings. The van der Waals surface area contributed by atoms with Gasteiger partial charge in [0.05, 0.1) is 0 Å². The van der Waals surface area contributed by atoms with Gasteiger partial charge in [0.2, 0.25) is 11.1 Å². The third kappa shape index (κ3) is 2.37. The molecule has 5 nitrogen and oxygen atoms in total. The van der Waals surface area contributed by atoms with Gasteiger partial charge in [-0.15, -0.1) is 0 Å². The van der Waals surface area contributed by atoms with Crippen molar-refractivity contribution in [3.8, 4) is 0 Å². The van der Waals surface area contributed by atoms with Crippen molar-refractivity contribution < 1.29 is 13.6 Å². The molecule has 0 aromatic rings. The zero-order valence-corrected chi connectivity index (χ0v) is 8.29. The van der Waals surface area contributed by atoms with Crippen molar-refractivity contribution in [2.45, 2.75) is 26.2 Å². The van der Waals surface area contributed by atoms with Crippen LogP contribution in [0.15, 0.2) is 9.98 Å². The van der Waals surface area contributed by atoms with Gasteiger partial charge in [-0.1, -0.05) is 0 Å². The first kappa shape index (κ1) is 11.3. The second-order valence-electron chi connectivity index (χ2n) is 2.79. The number of nitrogens with zero attached hydrogens (tertiary/aromatic N) is 3. The number of alkyl halides is 2. The van der Waals surface area contributed by atoms with E-state index in [0.29, 0.717) is 10.9 Å². The zero-order valence-electron chi connectivity index (χ0n) is 7.54. The lowest BCUT2D eigenvalue weighted by molar-refractivity contribution is -0.278. The maximum absolute atomic E-state index is 12.0. The van der Waals surface area contributed by atoms with Crippen molar-refractivity contribution >= 4 is 22.7 Å². The number of halogens is 3. The smallest absolute Gasteiger partial charge is 0.288 e. The van der Waals surface area contributed by atoms with E-state index in [0.717, 1.165) is 0 Å². The van der Waals surface area contributed by atoms with Crippen LogP contribution in [0.25, 0.3) is 0 Å². The van der Waals surface area contributed by atoms with Crippen LogP contribution in [0.4, 0.5) is 8.78 Å². The standard InChI is InChI=1S/C6H9ClF2N4O/c1-3-11-4(7)13(14-5(8)9)6(2,10)12-3/h5H,10H2,1-2H3. The minimum atomic E-state index is -3.03. The Morgan fingerprint density at radius 1 is 1.64 bits per heavy atom. The highest BCUT2D eigenvalue weighted by molar-refractivity contribution is 6.65. The predicted octanol–water partition coefficient (Wildman–Crippen LogP) is 1.10. The predicted molar refractivity (Wildman–Crippen MR) is 47.9 cm³/mol. The summed E-state index contributed by atoms with van der Waals surface area (Å²) in [4.78, 5) is 11.5. The Hall–Kier alpha value is -0.790. The van der Waals surface area contributed by atoms with Crippen molar-refractivity contribution in [3.63, 3.8) is 0 Å². The molecule has 80 valence electrons. The van der Waals surface area contributed by atoms with E-state index in [4.69, 9.17) is 17.3 Å². The summed E-state index contributed by atoms with van der Waals surface area (Å²) in [5, 5.41) is 0.287. The van der Waals surface area contributed by atoms with Gasteiger partial charge in [0, 0.05) is 0 Å². The van der Waals surface area contributed by atoms with Gasteiger partial charge in [0.25, 0.3) is 0 Å². The number of nitrogens with two attached hydrogens (primary N) is 1. The Labute approximate surface area is 84.2 Å². The number of hydrogen-bond donors (Lipinski definition) is 1. The molecule has 0 aromatic heterocycles. The number of hydroxylamine groups is 2. The summed E-state index contributed by atoms with van der Waals surface area (Å²) < 4.78 is 23.9. The largest absolute Gasteiger partial charge is 0.365 e. The summed E-state index contributed by atoms with van der Waals surface area (Å²) in [6.45, 7) is -0.112. The highest BCUT2D eigenvalue weighted by atomic mass is 35.5. The van der Waals surface area contributed by atoms with Gasteiger partial charge in [-0.2, -0.15) is 18.7 Å². The van der Waals surface area contributed by atoms with Crippen LogP contribution >= 0.6 is 11.6 Å². The summed E-state index contributed by atoms with van der Waals surface area (Å²) in [6, 6.07) is 0. The molecule has 1 heterocycles. The molecule has 0 aliphatic carbocycles. The molecule has 1 aliphatic heterocycles. The average Bonchev–Trinajstić information content (AvgIpc) is 1.95. The molecule has 0 spiro atoms. The van der Waals surface area contributed by atoms with Crippen LogP contribution in [0.3, 0.4) is 0 Å². The summed E-state index contributed by atoms with van der Waals surface area (Å²) in [7, 11) is 0. The highest BCUT2D eigenvalue weighted by Crippen LogP contribution is 2.20. The quantitative estimate of drug-likeness (QED) is 0.718. The van der Waals surface area contributed by atoms with Crippen molar-refractivity contribution in [1.82, 2.24) is 5.06 Å². The maximum atomic E-state index is 12.0. The first-order chi connectivity index (χ1) is 6.33. The summed E-state index contributed by atoms with van der Waals surface area (Å²) >= 11 is 5.56. The number of hydrogen-bond acceptors (Lipinski definition) is 5. The fourth-order valence-corrected chi connectivity index (χ4v) is 1.33. The molecule has 0 saturated heterocycles. The van der Waals surface area contributed by atoms with E-state index in [-0.39, 0.29) is 5.29 Å². The van der Waals surface area contributed by atoms with E-state index in [1.165, 1.54) is 6.92 Å². The molecule has 0 amide bonds. The van der Waals surface area contributed by atoms with Crippen LogP contribution in [0.5, 0.6) is 0 Å².